The molecule has 0 saturated heterocycles. The highest BCUT2D eigenvalue weighted by Gasteiger charge is 2.16. The summed E-state index contributed by atoms with van der Waals surface area (Å²) in [6.45, 7) is 8.34. The van der Waals surface area contributed by atoms with Gasteiger partial charge in [0.2, 0.25) is 0 Å². The van der Waals surface area contributed by atoms with Crippen molar-refractivity contribution in [2.45, 2.75) is 57.4 Å². The number of ether oxygens (including phenoxy) is 1. The van der Waals surface area contributed by atoms with Crippen molar-refractivity contribution in [3.05, 3.63) is 0 Å². The summed E-state index contributed by atoms with van der Waals surface area (Å²) in [5, 5.41) is 2.74. The van der Waals surface area contributed by atoms with E-state index < -0.39 is 5.60 Å². The number of carbonyl (C=O) groups is 1. The second kappa shape index (κ2) is 7.09. The Morgan fingerprint density at radius 2 is 2.07 bits per heavy atom. The summed E-state index contributed by atoms with van der Waals surface area (Å²) >= 11 is 3.52. The Bertz CT molecular complexity index is 190. The number of amides is 1. The summed E-state index contributed by atoms with van der Waals surface area (Å²) in [7, 11) is 0. The monoisotopic (exact) mass is 279 g/mol. The molecule has 15 heavy (non-hydrogen) atoms. The average molecular weight is 280 g/mol. The van der Waals surface area contributed by atoms with Crippen molar-refractivity contribution >= 4 is 22.0 Å². The number of carbonyl (C=O) groups excluding carboxylic acids is 1. The quantitative estimate of drug-likeness (QED) is 0.783. The third kappa shape index (κ3) is 10.0. The first-order valence-corrected chi connectivity index (χ1v) is 6.37. The van der Waals surface area contributed by atoms with Crippen LogP contribution in [0.1, 0.15) is 47.0 Å². The molecule has 0 spiro atoms. The van der Waals surface area contributed by atoms with E-state index >= 15 is 0 Å². The molecule has 0 bridgehead atoms. The lowest BCUT2D eigenvalue weighted by Crippen LogP contribution is -2.35. The van der Waals surface area contributed by atoms with E-state index in [2.05, 4.69) is 28.2 Å². The second-order valence-corrected chi connectivity index (χ2v) is 5.92. The SMILES string of the molecule is CCCCC(Br)CNC(=O)OC(C)(C)C. The molecule has 0 aromatic rings. The maximum absolute atomic E-state index is 11.3. The highest BCUT2D eigenvalue weighted by atomic mass is 79.9. The van der Waals surface area contributed by atoms with Gasteiger partial charge in [-0.15, -0.1) is 0 Å². The van der Waals surface area contributed by atoms with Crippen molar-refractivity contribution in [3.8, 4) is 0 Å². The Labute approximate surface area is 101 Å². The Morgan fingerprint density at radius 1 is 1.47 bits per heavy atom. The van der Waals surface area contributed by atoms with Gasteiger partial charge in [0.25, 0.3) is 0 Å². The van der Waals surface area contributed by atoms with E-state index in [1.54, 1.807) is 0 Å². The smallest absolute Gasteiger partial charge is 0.407 e. The fraction of sp³-hybridized carbons (Fsp3) is 0.909. The van der Waals surface area contributed by atoms with E-state index in [1.165, 1.54) is 12.8 Å². The fourth-order valence-electron chi connectivity index (χ4n) is 1.04. The molecule has 1 N–H and O–H groups in total. The van der Waals surface area contributed by atoms with Gasteiger partial charge in [0.15, 0.2) is 0 Å². The number of rotatable bonds is 5. The normalized spacial score (nSPS) is 13.4. The van der Waals surface area contributed by atoms with Crippen LogP contribution in [0.3, 0.4) is 0 Å². The van der Waals surface area contributed by atoms with Crippen LogP contribution in [0.15, 0.2) is 0 Å². The van der Waals surface area contributed by atoms with Gasteiger partial charge >= 0.3 is 6.09 Å². The second-order valence-electron chi connectivity index (χ2n) is 4.62. The van der Waals surface area contributed by atoms with E-state index in [4.69, 9.17) is 4.74 Å². The number of alkyl halides is 1. The van der Waals surface area contributed by atoms with E-state index in [0.717, 1.165) is 6.42 Å². The zero-order chi connectivity index (χ0) is 11.9. The van der Waals surface area contributed by atoms with Crippen molar-refractivity contribution in [2.24, 2.45) is 0 Å². The molecule has 0 aromatic carbocycles. The minimum atomic E-state index is -0.421. The standard InChI is InChI=1S/C11H22BrNO2/c1-5-6-7-9(12)8-13-10(14)15-11(2,3)4/h9H,5-8H2,1-4H3,(H,13,14). The molecule has 0 aliphatic heterocycles. The molecule has 0 fully saturated rings. The summed E-state index contributed by atoms with van der Waals surface area (Å²) < 4.78 is 5.12. The molecule has 0 heterocycles. The lowest BCUT2D eigenvalue weighted by atomic mass is 10.2. The van der Waals surface area contributed by atoms with Crippen LogP contribution < -0.4 is 5.32 Å². The van der Waals surface area contributed by atoms with Crippen LogP contribution in [0.4, 0.5) is 4.79 Å². The van der Waals surface area contributed by atoms with Crippen LogP contribution in [0, 0.1) is 0 Å². The van der Waals surface area contributed by atoms with Crippen LogP contribution >= 0.6 is 15.9 Å². The van der Waals surface area contributed by atoms with Crippen LogP contribution in [0.5, 0.6) is 0 Å². The highest BCUT2D eigenvalue weighted by Crippen LogP contribution is 2.10. The van der Waals surface area contributed by atoms with Crippen molar-refractivity contribution in [1.29, 1.82) is 0 Å². The first-order chi connectivity index (χ1) is 6.85. The third-order valence-electron chi connectivity index (χ3n) is 1.74. The van der Waals surface area contributed by atoms with Gasteiger partial charge in [0.1, 0.15) is 5.60 Å². The molecule has 4 heteroatoms. The number of unbranched alkanes of at least 4 members (excludes halogenated alkanes) is 1. The van der Waals surface area contributed by atoms with Gasteiger partial charge in [-0.3, -0.25) is 0 Å². The van der Waals surface area contributed by atoms with E-state index in [9.17, 15) is 4.79 Å². The molecule has 90 valence electrons. The molecule has 1 unspecified atom stereocenters. The molecule has 0 aliphatic carbocycles. The Hall–Kier alpha value is -0.250. The third-order valence-corrected chi connectivity index (χ3v) is 2.52. The molecule has 3 nitrogen and oxygen atoms in total. The maximum Gasteiger partial charge on any atom is 0.407 e. The minimum absolute atomic E-state index is 0.338. The molecule has 0 aliphatic rings. The lowest BCUT2D eigenvalue weighted by Gasteiger charge is -2.20. The molecule has 1 amide bonds. The van der Waals surface area contributed by atoms with Crippen LogP contribution in [-0.4, -0.2) is 23.1 Å². The van der Waals surface area contributed by atoms with Crippen molar-refractivity contribution in [2.75, 3.05) is 6.54 Å². The molecule has 0 aromatic heterocycles. The number of hydrogen-bond donors (Lipinski definition) is 1. The maximum atomic E-state index is 11.3. The van der Waals surface area contributed by atoms with E-state index in [-0.39, 0.29) is 6.09 Å². The summed E-state index contributed by atoms with van der Waals surface area (Å²) in [5.41, 5.74) is -0.421. The van der Waals surface area contributed by atoms with Gasteiger partial charge < -0.3 is 10.1 Å². The first kappa shape index (κ1) is 14.8. The topological polar surface area (TPSA) is 38.3 Å². The summed E-state index contributed by atoms with van der Waals surface area (Å²) in [5.74, 6) is 0. The molecule has 1 atom stereocenters. The Kier molecular flexibility index (Phi) is 6.98. The van der Waals surface area contributed by atoms with Crippen molar-refractivity contribution in [1.82, 2.24) is 5.32 Å². The zero-order valence-electron chi connectivity index (χ0n) is 10.1. The molecule has 0 rings (SSSR count). The van der Waals surface area contributed by atoms with Gasteiger partial charge in [0.05, 0.1) is 0 Å². The number of halogens is 1. The summed E-state index contributed by atoms with van der Waals surface area (Å²) in [6.07, 6.45) is 3.08. The van der Waals surface area contributed by atoms with Crippen LogP contribution in [0.2, 0.25) is 0 Å². The minimum Gasteiger partial charge on any atom is -0.444 e. The van der Waals surface area contributed by atoms with E-state index in [0.29, 0.717) is 11.4 Å². The predicted molar refractivity (Wildman–Crippen MR) is 66.5 cm³/mol. The van der Waals surface area contributed by atoms with Crippen LogP contribution in [0.25, 0.3) is 0 Å². The van der Waals surface area contributed by atoms with Crippen molar-refractivity contribution in [3.63, 3.8) is 0 Å². The first-order valence-electron chi connectivity index (χ1n) is 5.46. The Morgan fingerprint density at radius 3 is 2.53 bits per heavy atom. The summed E-state index contributed by atoms with van der Waals surface area (Å²) in [6, 6.07) is 0. The fourth-order valence-corrected chi connectivity index (χ4v) is 1.52. The number of nitrogens with one attached hydrogen (secondary N) is 1. The average Bonchev–Trinajstić information content (AvgIpc) is 2.08. The predicted octanol–water partition coefficient (Wildman–Crippen LogP) is 3.46. The molecule has 0 radical (unpaired) electrons. The van der Waals surface area contributed by atoms with Gasteiger partial charge in [0, 0.05) is 11.4 Å². The number of alkyl carbamates (subject to hydrolysis) is 1. The highest BCUT2D eigenvalue weighted by molar-refractivity contribution is 9.09. The summed E-state index contributed by atoms with van der Waals surface area (Å²) in [4.78, 5) is 11.6. The largest absolute Gasteiger partial charge is 0.444 e. The van der Waals surface area contributed by atoms with Crippen molar-refractivity contribution < 1.29 is 9.53 Å². The lowest BCUT2D eigenvalue weighted by molar-refractivity contribution is 0.0528. The van der Waals surface area contributed by atoms with E-state index in [1.807, 2.05) is 20.8 Å². The van der Waals surface area contributed by atoms with Crippen LogP contribution in [-0.2, 0) is 4.74 Å². The van der Waals surface area contributed by atoms with Gasteiger partial charge in [-0.2, -0.15) is 0 Å². The zero-order valence-corrected chi connectivity index (χ0v) is 11.7. The molecule has 0 saturated carbocycles. The molecular formula is C11H22BrNO2. The Balaban J connectivity index is 3.62. The number of hydrogen-bond acceptors (Lipinski definition) is 2. The van der Waals surface area contributed by atoms with Gasteiger partial charge in [-0.25, -0.2) is 4.79 Å². The van der Waals surface area contributed by atoms with Gasteiger partial charge in [-0.05, 0) is 27.2 Å². The van der Waals surface area contributed by atoms with Gasteiger partial charge in [-0.1, -0.05) is 35.7 Å². The molecular weight excluding hydrogens is 258 g/mol.